The number of aryl methyl sites for hydroxylation is 1. The van der Waals surface area contributed by atoms with Crippen LogP contribution in [0.25, 0.3) is 0 Å². The van der Waals surface area contributed by atoms with Gasteiger partial charge < -0.3 is 14.7 Å². The molecule has 0 amide bonds. The Morgan fingerprint density at radius 3 is 2.17 bits per heavy atom. The van der Waals surface area contributed by atoms with E-state index in [2.05, 4.69) is 70.3 Å². The molecule has 0 saturated carbocycles. The zero-order valence-electron chi connectivity index (χ0n) is 13.9. The summed E-state index contributed by atoms with van der Waals surface area (Å²) in [5, 5.41) is 0. The molecule has 2 aliphatic heterocycles. The van der Waals surface area contributed by atoms with Crippen LogP contribution >= 0.6 is 0 Å². The van der Waals surface area contributed by atoms with Crippen molar-refractivity contribution in [3.05, 3.63) is 54.1 Å². The van der Waals surface area contributed by atoms with Gasteiger partial charge in [0.2, 0.25) is 0 Å². The molecule has 2 aromatic rings. The lowest BCUT2D eigenvalue weighted by molar-refractivity contribution is 0.652. The van der Waals surface area contributed by atoms with Crippen LogP contribution in [0.1, 0.15) is 12.0 Å². The van der Waals surface area contributed by atoms with Crippen LogP contribution in [0, 0.1) is 0 Å². The highest BCUT2D eigenvalue weighted by Crippen LogP contribution is 2.30. The van der Waals surface area contributed by atoms with Crippen molar-refractivity contribution in [3.63, 3.8) is 0 Å². The second-order valence-corrected chi connectivity index (χ2v) is 6.65. The first-order valence-corrected chi connectivity index (χ1v) is 8.70. The number of rotatable bonds is 2. The fourth-order valence-corrected chi connectivity index (χ4v) is 3.83. The molecule has 3 nitrogen and oxygen atoms in total. The van der Waals surface area contributed by atoms with Gasteiger partial charge in [0.25, 0.3) is 0 Å². The molecule has 23 heavy (non-hydrogen) atoms. The van der Waals surface area contributed by atoms with Crippen LogP contribution in [0.15, 0.2) is 48.5 Å². The van der Waals surface area contributed by atoms with Crippen LogP contribution in [0.4, 0.5) is 17.1 Å². The first-order valence-electron chi connectivity index (χ1n) is 8.70. The minimum absolute atomic E-state index is 1.10. The minimum Gasteiger partial charge on any atom is -0.374 e. The molecule has 1 saturated heterocycles. The SMILES string of the molecule is CN1CCCc2cc(N3CCN(c4ccccc4)CC3)ccc21. The Bertz CT molecular complexity index is 660. The van der Waals surface area contributed by atoms with Gasteiger partial charge in [-0.05, 0) is 48.7 Å². The molecule has 0 aromatic heterocycles. The molecule has 0 aliphatic carbocycles. The van der Waals surface area contributed by atoms with Crippen molar-refractivity contribution in [2.75, 3.05) is 54.5 Å². The molecule has 0 unspecified atom stereocenters. The van der Waals surface area contributed by atoms with Crippen LogP contribution in [-0.4, -0.2) is 39.8 Å². The fourth-order valence-electron chi connectivity index (χ4n) is 3.83. The van der Waals surface area contributed by atoms with E-state index >= 15 is 0 Å². The maximum atomic E-state index is 2.54. The van der Waals surface area contributed by atoms with Gasteiger partial charge in [-0.15, -0.1) is 0 Å². The Morgan fingerprint density at radius 1 is 0.739 bits per heavy atom. The van der Waals surface area contributed by atoms with E-state index in [1.807, 2.05) is 0 Å². The zero-order valence-corrected chi connectivity index (χ0v) is 13.9. The molecule has 3 heteroatoms. The standard InChI is InChI=1S/C20H25N3/c1-21-11-5-6-17-16-19(9-10-20(17)21)23-14-12-22(13-15-23)18-7-3-2-4-8-18/h2-4,7-10,16H,5-6,11-15H2,1H3. The maximum absolute atomic E-state index is 2.54. The Morgan fingerprint density at radius 2 is 1.43 bits per heavy atom. The third-order valence-electron chi connectivity index (χ3n) is 5.18. The van der Waals surface area contributed by atoms with Crippen LogP contribution < -0.4 is 14.7 Å². The average Bonchev–Trinajstić information content (AvgIpc) is 2.63. The Labute approximate surface area is 139 Å². The van der Waals surface area contributed by atoms with Gasteiger partial charge in [-0.1, -0.05) is 18.2 Å². The third-order valence-corrected chi connectivity index (χ3v) is 5.18. The van der Waals surface area contributed by atoms with Crippen molar-refractivity contribution < 1.29 is 0 Å². The van der Waals surface area contributed by atoms with Crippen LogP contribution in [0.2, 0.25) is 0 Å². The van der Waals surface area contributed by atoms with Crippen molar-refractivity contribution in [2.24, 2.45) is 0 Å². The maximum Gasteiger partial charge on any atom is 0.0397 e. The summed E-state index contributed by atoms with van der Waals surface area (Å²) in [7, 11) is 2.20. The van der Waals surface area contributed by atoms with Crippen LogP contribution in [0.3, 0.4) is 0 Å². The van der Waals surface area contributed by atoms with Gasteiger partial charge in [0.15, 0.2) is 0 Å². The number of fused-ring (bicyclic) bond motifs is 1. The van der Waals surface area contributed by atoms with Crippen molar-refractivity contribution in [1.82, 2.24) is 0 Å². The summed E-state index contributed by atoms with van der Waals surface area (Å²) in [6.07, 6.45) is 2.49. The molecule has 0 atom stereocenters. The second-order valence-electron chi connectivity index (χ2n) is 6.65. The van der Waals surface area contributed by atoms with E-state index in [9.17, 15) is 0 Å². The van der Waals surface area contributed by atoms with E-state index in [-0.39, 0.29) is 0 Å². The van der Waals surface area contributed by atoms with E-state index in [1.54, 1.807) is 0 Å². The van der Waals surface area contributed by atoms with Crippen molar-refractivity contribution in [3.8, 4) is 0 Å². The van der Waals surface area contributed by atoms with Gasteiger partial charge in [0.1, 0.15) is 0 Å². The number of hydrogen-bond donors (Lipinski definition) is 0. The van der Waals surface area contributed by atoms with Crippen molar-refractivity contribution in [2.45, 2.75) is 12.8 Å². The molecule has 4 rings (SSSR count). The van der Waals surface area contributed by atoms with Gasteiger partial charge >= 0.3 is 0 Å². The highest BCUT2D eigenvalue weighted by Gasteiger charge is 2.20. The summed E-state index contributed by atoms with van der Waals surface area (Å²) in [6, 6.07) is 17.8. The van der Waals surface area contributed by atoms with E-state index < -0.39 is 0 Å². The molecule has 120 valence electrons. The lowest BCUT2D eigenvalue weighted by Crippen LogP contribution is -2.46. The van der Waals surface area contributed by atoms with Gasteiger partial charge in [0, 0.05) is 56.8 Å². The largest absolute Gasteiger partial charge is 0.374 e. The van der Waals surface area contributed by atoms with Gasteiger partial charge in [-0.2, -0.15) is 0 Å². The number of nitrogens with zero attached hydrogens (tertiary/aromatic N) is 3. The van der Waals surface area contributed by atoms with Crippen LogP contribution in [-0.2, 0) is 6.42 Å². The summed E-state index contributed by atoms with van der Waals surface area (Å²) in [4.78, 5) is 7.41. The molecular formula is C20H25N3. The van der Waals surface area contributed by atoms with E-state index in [0.717, 1.165) is 26.2 Å². The molecule has 0 radical (unpaired) electrons. The van der Waals surface area contributed by atoms with E-state index in [1.165, 1.54) is 42.0 Å². The summed E-state index contributed by atoms with van der Waals surface area (Å²) in [5.41, 5.74) is 5.68. The topological polar surface area (TPSA) is 9.72 Å². The Kier molecular flexibility index (Phi) is 3.86. The highest BCUT2D eigenvalue weighted by molar-refractivity contribution is 5.63. The number of anilines is 3. The fraction of sp³-hybridized carbons (Fsp3) is 0.400. The molecule has 0 N–H and O–H groups in total. The van der Waals surface area contributed by atoms with Gasteiger partial charge in [-0.25, -0.2) is 0 Å². The zero-order chi connectivity index (χ0) is 15.6. The number of hydrogen-bond acceptors (Lipinski definition) is 3. The Balaban J connectivity index is 1.46. The monoisotopic (exact) mass is 307 g/mol. The predicted octanol–water partition coefficient (Wildman–Crippen LogP) is 3.40. The van der Waals surface area contributed by atoms with E-state index in [4.69, 9.17) is 0 Å². The molecule has 1 fully saturated rings. The molecule has 0 bridgehead atoms. The quantitative estimate of drug-likeness (QED) is 0.842. The lowest BCUT2D eigenvalue weighted by Gasteiger charge is -2.38. The first-order chi connectivity index (χ1) is 11.3. The third kappa shape index (κ3) is 2.88. The summed E-state index contributed by atoms with van der Waals surface area (Å²) in [6.45, 7) is 5.58. The number of para-hydroxylation sites is 1. The predicted molar refractivity (Wildman–Crippen MR) is 98.9 cm³/mol. The van der Waals surface area contributed by atoms with Gasteiger partial charge in [-0.3, -0.25) is 0 Å². The smallest absolute Gasteiger partial charge is 0.0397 e. The summed E-state index contributed by atoms with van der Waals surface area (Å²) in [5.74, 6) is 0. The molecule has 0 spiro atoms. The average molecular weight is 307 g/mol. The highest BCUT2D eigenvalue weighted by atomic mass is 15.3. The first kappa shape index (κ1) is 14.4. The Hall–Kier alpha value is -2.16. The van der Waals surface area contributed by atoms with Crippen molar-refractivity contribution >= 4 is 17.1 Å². The second kappa shape index (κ2) is 6.15. The van der Waals surface area contributed by atoms with E-state index in [0.29, 0.717) is 0 Å². The summed E-state index contributed by atoms with van der Waals surface area (Å²) >= 11 is 0. The number of benzene rings is 2. The minimum atomic E-state index is 1.10. The van der Waals surface area contributed by atoms with Crippen molar-refractivity contribution in [1.29, 1.82) is 0 Å². The lowest BCUT2D eigenvalue weighted by atomic mass is 10.0. The normalized spacial score (nSPS) is 18.0. The molecule has 2 aliphatic rings. The number of piperazine rings is 1. The molecular weight excluding hydrogens is 282 g/mol. The van der Waals surface area contributed by atoms with Crippen LogP contribution in [0.5, 0.6) is 0 Å². The van der Waals surface area contributed by atoms with Gasteiger partial charge in [0.05, 0.1) is 0 Å². The summed E-state index contributed by atoms with van der Waals surface area (Å²) < 4.78 is 0. The molecule has 2 aromatic carbocycles. The molecule has 2 heterocycles.